The van der Waals surface area contributed by atoms with E-state index in [1.54, 1.807) is 0 Å². The van der Waals surface area contributed by atoms with Gasteiger partial charge < -0.3 is 0 Å². The molecular weight excluding hydrogens is 223 g/mol. The second-order valence-electron chi connectivity index (χ2n) is 0.515. The topological polar surface area (TPSA) is 108 Å². The van der Waals surface area contributed by atoms with E-state index in [0.717, 1.165) is 0 Å². The van der Waals surface area contributed by atoms with Crippen molar-refractivity contribution in [1.29, 1.82) is 0 Å². The van der Waals surface area contributed by atoms with Crippen LogP contribution in [0.4, 0.5) is 0 Å². The van der Waals surface area contributed by atoms with Crippen LogP contribution >= 0.6 is 0 Å². The van der Waals surface area contributed by atoms with E-state index in [-0.39, 0.29) is 0 Å². The summed E-state index contributed by atoms with van der Waals surface area (Å²) in [5, 5.41) is 9.67. The van der Waals surface area contributed by atoms with Gasteiger partial charge >= 0.3 is 20.1 Å². The van der Waals surface area contributed by atoms with Gasteiger partial charge in [0.1, 0.15) is 0 Å². The highest BCUT2D eigenvalue weighted by Gasteiger charge is 2.28. The molecule has 0 aliphatic heterocycles. The molecule has 0 saturated carbocycles. The molecule has 0 aromatic heterocycles. The summed E-state index contributed by atoms with van der Waals surface area (Å²) in [5.74, 6) is 0. The highest BCUT2D eigenvalue weighted by atomic mass is 127. The molecule has 0 saturated heterocycles. The van der Waals surface area contributed by atoms with Crippen molar-refractivity contribution in [2.45, 2.75) is 0 Å². The van der Waals surface area contributed by atoms with Crippen molar-refractivity contribution in [3.63, 3.8) is 0 Å². The first-order valence-electron chi connectivity index (χ1n) is 0.966. The third kappa shape index (κ3) is 6.49. The zero-order valence-electron chi connectivity index (χ0n) is 2.87. The Bertz CT molecular complexity index is 42.6. The van der Waals surface area contributed by atoms with Crippen molar-refractivity contribution in [2.24, 2.45) is 0 Å². The van der Waals surface area contributed by atoms with Gasteiger partial charge in [0, 0.05) is 5.04 Å². The second kappa shape index (κ2) is 2.71. The maximum atomic E-state index is 9.27. The molecule has 7 heteroatoms. The number of rotatable bonds is 2. The SMILES string of the molecule is [O-][I+3]([O-])([O-])OOO. The molecule has 0 rings (SSSR count). The van der Waals surface area contributed by atoms with Crippen LogP contribution in [0.15, 0.2) is 0 Å². The van der Waals surface area contributed by atoms with Crippen molar-refractivity contribution in [2.75, 3.05) is 0 Å². The Morgan fingerprint density at radius 2 is 1.71 bits per heavy atom. The molecule has 0 heterocycles. The van der Waals surface area contributed by atoms with Gasteiger partial charge in [0.25, 0.3) is 0 Å². The summed E-state index contributed by atoms with van der Waals surface area (Å²) >= 11 is -5.74. The summed E-state index contributed by atoms with van der Waals surface area (Å²) in [7, 11) is 0. The molecular formula is HIO6. The van der Waals surface area contributed by atoms with E-state index in [4.69, 9.17) is 5.26 Å². The number of hydrogen-bond acceptors (Lipinski definition) is 6. The van der Waals surface area contributed by atoms with E-state index >= 15 is 0 Å². The Hall–Kier alpha value is 0.490. The normalized spacial score (nSPS) is 12.0. The summed E-state index contributed by atoms with van der Waals surface area (Å²) in [6.07, 6.45) is 0. The first-order chi connectivity index (χ1) is 3.06. The average Bonchev–Trinajstić information content (AvgIpc) is 1.30. The third-order valence-corrected chi connectivity index (χ3v) is 0.707. The summed E-state index contributed by atoms with van der Waals surface area (Å²) in [6, 6.07) is 0. The summed E-state index contributed by atoms with van der Waals surface area (Å²) < 4.78 is 30.6. The van der Waals surface area contributed by atoms with Crippen LogP contribution in [0, 0.1) is 0 Å². The first-order valence-corrected chi connectivity index (χ1v) is 4.49. The molecule has 7 heavy (non-hydrogen) atoms. The van der Waals surface area contributed by atoms with Gasteiger partial charge in [-0.2, -0.15) is 0 Å². The smallest absolute Gasteiger partial charge is 0.253 e. The van der Waals surface area contributed by atoms with Gasteiger partial charge in [0.15, 0.2) is 0 Å². The lowest BCUT2D eigenvalue weighted by molar-refractivity contribution is -1.93. The molecule has 0 unspecified atom stereocenters. The fourth-order valence-electron chi connectivity index (χ4n) is 0.0345. The highest BCUT2D eigenvalue weighted by molar-refractivity contribution is 2.68. The van der Waals surface area contributed by atoms with Crippen LogP contribution < -0.4 is 30.4 Å². The fourth-order valence-corrected chi connectivity index (χ4v) is 0.231. The van der Waals surface area contributed by atoms with Crippen molar-refractivity contribution in [3.8, 4) is 0 Å². The lowest BCUT2D eigenvalue weighted by Crippen LogP contribution is -4.24. The molecule has 0 fully saturated rings. The van der Waals surface area contributed by atoms with E-state index < -0.39 is 20.1 Å². The minimum absolute atomic E-state index is 2.55. The number of hydrogen-bond donors (Lipinski definition) is 1. The third-order valence-electron chi connectivity index (χ3n) is 0.105. The lowest BCUT2D eigenvalue weighted by Gasteiger charge is -1.97. The molecule has 0 radical (unpaired) electrons. The van der Waals surface area contributed by atoms with Gasteiger partial charge in [-0.1, -0.05) is 0 Å². The van der Waals surface area contributed by atoms with Gasteiger partial charge in [-0.25, -0.2) is 5.26 Å². The Morgan fingerprint density at radius 3 is 1.71 bits per heavy atom. The van der Waals surface area contributed by atoms with Crippen LogP contribution in [0.3, 0.4) is 0 Å². The van der Waals surface area contributed by atoms with Gasteiger partial charge in [-0.15, -0.1) is 0 Å². The molecule has 0 spiro atoms. The van der Waals surface area contributed by atoms with E-state index in [2.05, 4.69) is 8.26 Å². The van der Waals surface area contributed by atoms with Crippen LogP contribution in [0.5, 0.6) is 0 Å². The molecule has 0 aliphatic carbocycles. The quantitative estimate of drug-likeness (QED) is 0.283. The van der Waals surface area contributed by atoms with Gasteiger partial charge in [-0.05, 0) is 0 Å². The first kappa shape index (κ1) is 7.49. The van der Waals surface area contributed by atoms with Crippen molar-refractivity contribution in [3.05, 3.63) is 0 Å². The average molecular weight is 224 g/mol. The van der Waals surface area contributed by atoms with Crippen LogP contribution in [0.1, 0.15) is 0 Å². The number of halogens is 1. The summed E-state index contributed by atoms with van der Waals surface area (Å²) in [4.78, 5) is 0. The van der Waals surface area contributed by atoms with Crippen LogP contribution in [0.2, 0.25) is 0 Å². The molecule has 0 aromatic carbocycles. The van der Waals surface area contributed by atoms with Crippen LogP contribution in [0.25, 0.3) is 0 Å². The van der Waals surface area contributed by atoms with Crippen molar-refractivity contribution < 1.29 is 43.9 Å². The predicted molar refractivity (Wildman–Crippen MR) is 4.80 cm³/mol. The van der Waals surface area contributed by atoms with Crippen LogP contribution in [-0.4, -0.2) is 5.26 Å². The zero-order chi connectivity index (χ0) is 5.91. The molecule has 44 valence electrons. The van der Waals surface area contributed by atoms with E-state index in [0.29, 0.717) is 0 Å². The standard InChI is InChI=1S/HIO6/c2-1(3,4)6-7-5/h5H. The van der Waals surface area contributed by atoms with Crippen LogP contribution in [-0.2, 0) is 8.26 Å². The second-order valence-corrected chi connectivity index (χ2v) is 3.03. The summed E-state index contributed by atoms with van der Waals surface area (Å²) in [5.41, 5.74) is 0. The molecule has 0 atom stereocenters. The maximum absolute atomic E-state index is 9.27. The molecule has 0 aromatic rings. The fraction of sp³-hybridized carbons (Fsp3) is 0. The minimum Gasteiger partial charge on any atom is -0.253 e. The van der Waals surface area contributed by atoms with Gasteiger partial charge in [-0.3, -0.25) is 10.3 Å². The molecule has 0 amide bonds. The Kier molecular flexibility index (Phi) is 2.90. The van der Waals surface area contributed by atoms with E-state index in [9.17, 15) is 10.3 Å². The Morgan fingerprint density at radius 1 is 1.29 bits per heavy atom. The largest absolute Gasteiger partial charge is 0.426 e. The molecule has 0 aliphatic rings. The summed E-state index contributed by atoms with van der Waals surface area (Å²) in [6.45, 7) is 0. The van der Waals surface area contributed by atoms with E-state index in [1.807, 2.05) is 0 Å². The lowest BCUT2D eigenvalue weighted by atomic mass is 14.6. The molecule has 6 nitrogen and oxygen atoms in total. The van der Waals surface area contributed by atoms with Crippen molar-refractivity contribution >= 4 is 0 Å². The van der Waals surface area contributed by atoms with Crippen molar-refractivity contribution in [1.82, 2.24) is 0 Å². The minimum atomic E-state index is -5.74. The molecule has 0 bridgehead atoms. The predicted octanol–water partition coefficient (Wildman–Crippen LogP) is -6.69. The van der Waals surface area contributed by atoms with Gasteiger partial charge in [0.2, 0.25) is 3.22 Å². The van der Waals surface area contributed by atoms with Gasteiger partial charge in [0.05, 0.1) is 0 Å². The zero-order valence-corrected chi connectivity index (χ0v) is 5.02. The monoisotopic (exact) mass is 224 g/mol. The Balaban J connectivity index is 3.15. The Labute approximate surface area is 44.5 Å². The van der Waals surface area contributed by atoms with E-state index in [1.165, 1.54) is 0 Å². The maximum Gasteiger partial charge on any atom is 0.426 e. The highest BCUT2D eigenvalue weighted by Crippen LogP contribution is 1.40. The molecule has 1 N–H and O–H groups in total.